The van der Waals surface area contributed by atoms with Gasteiger partial charge in [-0.15, -0.1) is 0 Å². The number of hydrogen-bond donors (Lipinski definition) is 0. The van der Waals surface area contributed by atoms with Gasteiger partial charge in [0, 0.05) is 37.8 Å². The fourth-order valence-electron chi connectivity index (χ4n) is 4.65. The van der Waals surface area contributed by atoms with Crippen LogP contribution in [0.4, 0.5) is 0 Å². The molecular weight excluding hydrogens is 502 g/mol. The number of carbonyl (C=O) groups excluding carboxylic acids is 1. The van der Waals surface area contributed by atoms with Gasteiger partial charge in [0.1, 0.15) is 17.8 Å². The zero-order valence-electron chi connectivity index (χ0n) is 21.6. The Bertz CT molecular complexity index is 1520. The van der Waals surface area contributed by atoms with Gasteiger partial charge in [0.25, 0.3) is 5.91 Å². The molecule has 0 N–H and O–H groups in total. The Morgan fingerprint density at radius 2 is 1.74 bits per heavy atom. The number of piperidine rings is 1. The van der Waals surface area contributed by atoms with E-state index < -0.39 is 9.84 Å². The second-order valence-corrected chi connectivity index (χ2v) is 11.7. The average Bonchev–Trinajstić information content (AvgIpc) is 3.37. The number of amides is 1. The van der Waals surface area contributed by atoms with Crippen LogP contribution in [0.15, 0.2) is 66.0 Å². The highest BCUT2D eigenvalue weighted by molar-refractivity contribution is 7.90. The number of unbranched alkanes of at least 4 members (excludes halogenated alkanes) is 1. The molecule has 1 aliphatic rings. The number of aromatic nitrogens is 4. The van der Waals surface area contributed by atoms with Crippen LogP contribution in [-0.4, -0.2) is 64.4 Å². The van der Waals surface area contributed by atoms with Crippen LogP contribution in [0.3, 0.4) is 0 Å². The number of aryl methyl sites for hydroxylation is 1. The van der Waals surface area contributed by atoms with Crippen molar-refractivity contribution >= 4 is 26.8 Å². The number of ether oxygens (including phenoxy) is 1. The van der Waals surface area contributed by atoms with Gasteiger partial charge in [-0.05, 0) is 54.8 Å². The van der Waals surface area contributed by atoms with E-state index in [-0.39, 0.29) is 16.9 Å². The van der Waals surface area contributed by atoms with Crippen molar-refractivity contribution in [2.75, 3.05) is 19.3 Å². The van der Waals surface area contributed by atoms with Gasteiger partial charge >= 0.3 is 0 Å². The fraction of sp³-hybridized carbons (Fsp3) is 0.357. The molecule has 9 nitrogen and oxygen atoms in total. The molecule has 1 aliphatic heterocycles. The highest BCUT2D eigenvalue weighted by atomic mass is 32.2. The highest BCUT2D eigenvalue weighted by Gasteiger charge is 2.26. The number of carbonyl (C=O) groups is 1. The average molecular weight is 534 g/mol. The van der Waals surface area contributed by atoms with Crippen LogP contribution in [0.25, 0.3) is 16.7 Å². The minimum Gasteiger partial charge on any atom is -0.474 e. The van der Waals surface area contributed by atoms with Crippen LogP contribution in [0, 0.1) is 0 Å². The molecule has 2 aromatic carbocycles. The number of rotatable bonds is 8. The third-order valence-corrected chi connectivity index (χ3v) is 7.99. The number of nitrogens with zero attached hydrogens (tertiary/aromatic N) is 5. The van der Waals surface area contributed by atoms with Crippen LogP contribution >= 0.6 is 0 Å². The Morgan fingerprint density at radius 3 is 2.39 bits per heavy atom. The lowest BCUT2D eigenvalue weighted by Crippen LogP contribution is -2.41. The molecule has 1 saturated heterocycles. The molecule has 10 heteroatoms. The molecule has 38 heavy (non-hydrogen) atoms. The van der Waals surface area contributed by atoms with Gasteiger partial charge in [0.2, 0.25) is 5.88 Å². The van der Waals surface area contributed by atoms with Gasteiger partial charge < -0.3 is 9.64 Å². The molecule has 4 aromatic rings. The van der Waals surface area contributed by atoms with E-state index in [4.69, 9.17) is 4.74 Å². The molecule has 1 amide bonds. The molecule has 1 fully saturated rings. The third-order valence-electron chi connectivity index (χ3n) is 6.87. The lowest BCUT2D eigenvalue weighted by molar-refractivity contribution is 0.0590. The summed E-state index contributed by atoms with van der Waals surface area (Å²) < 4.78 is 31.4. The molecule has 0 bridgehead atoms. The number of fused-ring (bicyclic) bond motifs is 1. The topological polar surface area (TPSA) is 107 Å². The second kappa shape index (κ2) is 10.9. The van der Waals surface area contributed by atoms with Gasteiger partial charge in [-0.1, -0.05) is 25.5 Å². The summed E-state index contributed by atoms with van der Waals surface area (Å²) in [4.78, 5) is 23.8. The molecule has 0 aliphatic carbocycles. The molecular formula is C28H31N5O4S. The predicted molar refractivity (Wildman–Crippen MR) is 144 cm³/mol. The molecule has 5 rings (SSSR count). The van der Waals surface area contributed by atoms with Gasteiger partial charge in [0.05, 0.1) is 16.8 Å². The SMILES string of the molecule is CCCCc1ccc(C(=O)N2CCC(Oc3ncnc4c3cnn4-c3ccc(S(C)(=O)=O)cc3)CC2)cc1. The van der Waals surface area contributed by atoms with E-state index in [0.717, 1.165) is 24.8 Å². The molecule has 0 spiro atoms. The summed E-state index contributed by atoms with van der Waals surface area (Å²) in [5.41, 5.74) is 3.24. The second-order valence-electron chi connectivity index (χ2n) is 9.65. The van der Waals surface area contributed by atoms with E-state index in [9.17, 15) is 13.2 Å². The predicted octanol–water partition coefficient (Wildman–Crippen LogP) is 4.25. The molecule has 0 radical (unpaired) electrons. The van der Waals surface area contributed by atoms with Crippen molar-refractivity contribution in [3.63, 3.8) is 0 Å². The minimum atomic E-state index is -3.28. The Hall–Kier alpha value is -3.79. The van der Waals surface area contributed by atoms with Gasteiger partial charge in [-0.25, -0.2) is 23.1 Å². The summed E-state index contributed by atoms with van der Waals surface area (Å²) in [5, 5.41) is 5.10. The van der Waals surface area contributed by atoms with E-state index in [1.54, 1.807) is 35.1 Å². The van der Waals surface area contributed by atoms with Crippen molar-refractivity contribution in [1.29, 1.82) is 0 Å². The van der Waals surface area contributed by atoms with Gasteiger partial charge in [0.15, 0.2) is 15.5 Å². The van der Waals surface area contributed by atoms with E-state index in [2.05, 4.69) is 34.1 Å². The van der Waals surface area contributed by atoms with Crippen LogP contribution < -0.4 is 4.74 Å². The molecule has 198 valence electrons. The maximum Gasteiger partial charge on any atom is 0.253 e. The Labute approximate surface area is 222 Å². The molecule has 0 unspecified atom stereocenters. The molecule has 2 aromatic heterocycles. The maximum absolute atomic E-state index is 13.0. The van der Waals surface area contributed by atoms with Crippen LogP contribution in [0.1, 0.15) is 48.5 Å². The zero-order chi connectivity index (χ0) is 26.7. The lowest BCUT2D eigenvalue weighted by atomic mass is 10.0. The Kier molecular flexibility index (Phi) is 7.42. The number of sulfone groups is 1. The molecule has 0 atom stereocenters. The summed E-state index contributed by atoms with van der Waals surface area (Å²) in [5.74, 6) is 0.500. The van der Waals surface area contributed by atoms with E-state index in [0.29, 0.717) is 48.5 Å². The normalized spacial score (nSPS) is 14.6. The largest absolute Gasteiger partial charge is 0.474 e. The standard InChI is InChI=1S/C28H31N5O4S/c1-3-4-5-20-6-8-21(9-7-20)28(34)32-16-14-23(15-17-32)37-27-25-18-31-33(26(25)29-19-30-27)22-10-12-24(13-11-22)38(2,35)36/h6-13,18-19,23H,3-5,14-17H2,1-2H3. The minimum absolute atomic E-state index is 0.0538. The van der Waals surface area contributed by atoms with Crippen molar-refractivity contribution in [1.82, 2.24) is 24.6 Å². The van der Waals surface area contributed by atoms with Gasteiger partial charge in [-0.2, -0.15) is 5.10 Å². The Morgan fingerprint density at radius 1 is 1.03 bits per heavy atom. The fourth-order valence-corrected chi connectivity index (χ4v) is 5.28. The number of benzene rings is 2. The van der Waals surface area contributed by atoms with Crippen LogP contribution in [0.2, 0.25) is 0 Å². The first-order valence-electron chi connectivity index (χ1n) is 12.9. The van der Waals surface area contributed by atoms with Crippen molar-refractivity contribution in [2.24, 2.45) is 0 Å². The van der Waals surface area contributed by atoms with E-state index in [1.807, 2.05) is 17.0 Å². The van der Waals surface area contributed by atoms with Crippen molar-refractivity contribution < 1.29 is 17.9 Å². The first kappa shape index (κ1) is 25.8. The molecule has 0 saturated carbocycles. The third kappa shape index (κ3) is 5.55. The summed E-state index contributed by atoms with van der Waals surface area (Å²) in [6, 6.07) is 14.5. The Balaban J connectivity index is 1.23. The number of hydrogen-bond acceptors (Lipinski definition) is 7. The summed E-state index contributed by atoms with van der Waals surface area (Å²) in [6.45, 7) is 3.40. The summed E-state index contributed by atoms with van der Waals surface area (Å²) >= 11 is 0. The monoisotopic (exact) mass is 533 g/mol. The summed E-state index contributed by atoms with van der Waals surface area (Å²) in [6.07, 6.45) is 8.93. The van der Waals surface area contributed by atoms with Crippen molar-refractivity contribution in [3.8, 4) is 11.6 Å². The molecule has 3 heterocycles. The summed E-state index contributed by atoms with van der Waals surface area (Å²) in [7, 11) is -3.28. The zero-order valence-corrected chi connectivity index (χ0v) is 22.4. The first-order valence-corrected chi connectivity index (χ1v) is 14.8. The number of likely N-dealkylation sites (tertiary alicyclic amines) is 1. The smallest absolute Gasteiger partial charge is 0.253 e. The van der Waals surface area contributed by atoms with E-state index >= 15 is 0 Å². The van der Waals surface area contributed by atoms with Crippen molar-refractivity contribution in [3.05, 3.63) is 72.2 Å². The lowest BCUT2D eigenvalue weighted by Gasteiger charge is -2.32. The van der Waals surface area contributed by atoms with E-state index in [1.165, 1.54) is 18.1 Å². The quantitative estimate of drug-likeness (QED) is 0.333. The first-order chi connectivity index (χ1) is 18.3. The van der Waals surface area contributed by atoms with Gasteiger partial charge in [-0.3, -0.25) is 4.79 Å². The maximum atomic E-state index is 13.0. The van der Waals surface area contributed by atoms with Crippen LogP contribution in [-0.2, 0) is 16.3 Å². The van der Waals surface area contributed by atoms with Crippen LogP contribution in [0.5, 0.6) is 5.88 Å². The highest BCUT2D eigenvalue weighted by Crippen LogP contribution is 2.27. The van der Waals surface area contributed by atoms with Crippen molar-refractivity contribution in [2.45, 2.75) is 50.0 Å².